The molecule has 0 unspecified atom stereocenters. The molecule has 20 heavy (non-hydrogen) atoms. The lowest BCUT2D eigenvalue weighted by atomic mass is 10.1. The first-order chi connectivity index (χ1) is 9.85. The van der Waals surface area contributed by atoms with Gasteiger partial charge in [0.15, 0.2) is 0 Å². The molecule has 0 fully saturated rings. The Bertz CT molecular complexity index is 708. The Morgan fingerprint density at radius 2 is 1.75 bits per heavy atom. The van der Waals surface area contributed by atoms with Gasteiger partial charge in [-0.2, -0.15) is 0 Å². The molecule has 0 saturated carbocycles. The van der Waals surface area contributed by atoms with Crippen molar-refractivity contribution in [3.05, 3.63) is 71.9 Å². The first kappa shape index (κ1) is 13.2. The van der Waals surface area contributed by atoms with Gasteiger partial charge in [0.2, 0.25) is 0 Å². The van der Waals surface area contributed by atoms with Gasteiger partial charge < -0.3 is 5.73 Å². The van der Waals surface area contributed by atoms with Crippen molar-refractivity contribution in [3.8, 4) is 0 Å². The molecule has 0 amide bonds. The van der Waals surface area contributed by atoms with Gasteiger partial charge in [-0.05, 0) is 41.5 Å². The fraction of sp³-hybridized carbons (Fsp3) is 0.118. The van der Waals surface area contributed by atoms with Crippen molar-refractivity contribution >= 4 is 22.7 Å². The maximum atomic E-state index is 5.61. The van der Waals surface area contributed by atoms with E-state index in [2.05, 4.69) is 53.5 Å². The number of pyridine rings is 1. The van der Waals surface area contributed by atoms with Gasteiger partial charge in [0.05, 0.1) is 5.52 Å². The molecule has 1 heterocycles. The number of nitrogens with two attached hydrogens (primary N) is 1. The summed E-state index contributed by atoms with van der Waals surface area (Å²) < 4.78 is 0. The summed E-state index contributed by atoms with van der Waals surface area (Å²) in [7, 11) is 0. The highest BCUT2D eigenvalue weighted by atomic mass is 32.2. The molecular weight excluding hydrogens is 264 g/mol. The molecule has 2 aromatic carbocycles. The summed E-state index contributed by atoms with van der Waals surface area (Å²) in [4.78, 5) is 5.61. The molecule has 0 radical (unpaired) electrons. The van der Waals surface area contributed by atoms with E-state index in [1.54, 1.807) is 0 Å². The summed E-state index contributed by atoms with van der Waals surface area (Å²) in [6.45, 7) is 0.600. The summed E-state index contributed by atoms with van der Waals surface area (Å²) in [6.07, 6.45) is 1.83. The molecule has 0 aliphatic heterocycles. The van der Waals surface area contributed by atoms with E-state index in [9.17, 15) is 0 Å². The lowest BCUT2D eigenvalue weighted by Gasteiger charge is -2.04. The third-order valence-corrected chi connectivity index (χ3v) is 4.32. The summed E-state index contributed by atoms with van der Waals surface area (Å²) in [6, 6.07) is 19.0. The molecule has 3 heteroatoms. The average Bonchev–Trinajstić information content (AvgIpc) is 2.53. The number of hydrogen-bond acceptors (Lipinski definition) is 3. The topological polar surface area (TPSA) is 38.9 Å². The second-order valence-electron chi connectivity index (χ2n) is 4.67. The highest BCUT2D eigenvalue weighted by molar-refractivity contribution is 7.98. The van der Waals surface area contributed by atoms with Gasteiger partial charge in [-0.3, -0.25) is 4.98 Å². The molecule has 2 nitrogen and oxygen atoms in total. The van der Waals surface area contributed by atoms with Crippen LogP contribution in [0.25, 0.3) is 10.9 Å². The third-order valence-electron chi connectivity index (χ3n) is 3.23. The summed E-state index contributed by atoms with van der Waals surface area (Å²) in [5.74, 6) is 0.965. The molecule has 1 aromatic heterocycles. The second kappa shape index (κ2) is 6.07. The van der Waals surface area contributed by atoms with Gasteiger partial charge in [-0.15, -0.1) is 11.8 Å². The lowest BCUT2D eigenvalue weighted by Crippen LogP contribution is -1.94. The molecule has 0 atom stereocenters. The van der Waals surface area contributed by atoms with Gasteiger partial charge in [-0.1, -0.05) is 24.3 Å². The zero-order valence-electron chi connectivity index (χ0n) is 11.1. The summed E-state index contributed by atoms with van der Waals surface area (Å²) >= 11 is 1.84. The number of nitrogens with zero attached hydrogens (tertiary/aromatic N) is 1. The lowest BCUT2D eigenvalue weighted by molar-refractivity contribution is 1.07. The van der Waals surface area contributed by atoms with E-state index in [1.165, 1.54) is 21.4 Å². The van der Waals surface area contributed by atoms with E-state index in [0.717, 1.165) is 11.3 Å². The van der Waals surface area contributed by atoms with Gasteiger partial charge >= 0.3 is 0 Å². The standard InChI is InChI=1S/C17H16N2S/c18-11-13-3-6-16(7-4-13)20-12-14-5-8-17-15(10-14)2-1-9-19-17/h1-10H,11-12,18H2. The fourth-order valence-corrected chi connectivity index (χ4v) is 2.94. The summed E-state index contributed by atoms with van der Waals surface area (Å²) in [5, 5.41) is 1.20. The predicted octanol–water partition coefficient (Wildman–Crippen LogP) is 3.99. The minimum absolute atomic E-state index is 0.600. The van der Waals surface area contributed by atoms with Crippen molar-refractivity contribution in [3.63, 3.8) is 0 Å². The Labute approximate surface area is 123 Å². The van der Waals surface area contributed by atoms with Crippen molar-refractivity contribution in [2.24, 2.45) is 5.73 Å². The van der Waals surface area contributed by atoms with Gasteiger partial charge in [0.1, 0.15) is 0 Å². The maximum Gasteiger partial charge on any atom is 0.0702 e. The van der Waals surface area contributed by atoms with Crippen molar-refractivity contribution in [1.82, 2.24) is 4.98 Å². The molecule has 0 spiro atoms. The normalized spacial score (nSPS) is 10.8. The molecule has 0 bridgehead atoms. The highest BCUT2D eigenvalue weighted by Crippen LogP contribution is 2.24. The number of hydrogen-bond donors (Lipinski definition) is 1. The van der Waals surface area contributed by atoms with Crippen molar-refractivity contribution in [1.29, 1.82) is 0 Å². The Morgan fingerprint density at radius 1 is 0.950 bits per heavy atom. The molecule has 100 valence electrons. The van der Waals surface area contributed by atoms with E-state index in [0.29, 0.717) is 6.54 Å². The maximum absolute atomic E-state index is 5.61. The van der Waals surface area contributed by atoms with Gasteiger partial charge in [0, 0.05) is 28.8 Å². The Balaban J connectivity index is 1.72. The first-order valence-corrected chi connectivity index (χ1v) is 7.59. The van der Waals surface area contributed by atoms with E-state index in [-0.39, 0.29) is 0 Å². The van der Waals surface area contributed by atoms with Crippen LogP contribution in [-0.2, 0) is 12.3 Å². The first-order valence-electron chi connectivity index (χ1n) is 6.60. The SMILES string of the molecule is NCc1ccc(SCc2ccc3ncccc3c2)cc1. The van der Waals surface area contributed by atoms with Crippen LogP contribution in [0.15, 0.2) is 65.7 Å². The predicted molar refractivity (Wildman–Crippen MR) is 85.6 cm³/mol. The van der Waals surface area contributed by atoms with Crippen molar-refractivity contribution in [2.75, 3.05) is 0 Å². The molecule has 0 aliphatic rings. The zero-order valence-corrected chi connectivity index (χ0v) is 11.9. The van der Waals surface area contributed by atoms with Crippen molar-refractivity contribution < 1.29 is 0 Å². The summed E-state index contributed by atoms with van der Waals surface area (Å²) in [5.41, 5.74) is 9.14. The quantitative estimate of drug-likeness (QED) is 0.735. The van der Waals surface area contributed by atoms with Crippen LogP contribution in [0.3, 0.4) is 0 Å². The molecular formula is C17H16N2S. The number of fused-ring (bicyclic) bond motifs is 1. The van der Waals surface area contributed by atoms with Crippen LogP contribution in [-0.4, -0.2) is 4.98 Å². The van der Waals surface area contributed by atoms with Gasteiger partial charge in [-0.25, -0.2) is 0 Å². The highest BCUT2D eigenvalue weighted by Gasteiger charge is 1.99. The van der Waals surface area contributed by atoms with E-state index < -0.39 is 0 Å². The Hall–Kier alpha value is -1.84. The number of aromatic nitrogens is 1. The fourth-order valence-electron chi connectivity index (χ4n) is 2.10. The van der Waals surface area contributed by atoms with Crippen LogP contribution in [0, 0.1) is 0 Å². The van der Waals surface area contributed by atoms with Crippen LogP contribution < -0.4 is 5.73 Å². The minimum Gasteiger partial charge on any atom is -0.326 e. The zero-order chi connectivity index (χ0) is 13.8. The number of thioether (sulfide) groups is 1. The molecule has 3 aromatic rings. The Kier molecular flexibility index (Phi) is 4.00. The van der Waals surface area contributed by atoms with Crippen molar-refractivity contribution in [2.45, 2.75) is 17.2 Å². The largest absolute Gasteiger partial charge is 0.326 e. The van der Waals surface area contributed by atoms with E-state index in [4.69, 9.17) is 5.73 Å². The van der Waals surface area contributed by atoms with Crippen LogP contribution in [0.2, 0.25) is 0 Å². The molecule has 0 aliphatic carbocycles. The second-order valence-corrected chi connectivity index (χ2v) is 5.72. The number of benzene rings is 2. The van der Waals surface area contributed by atoms with Crippen LogP contribution >= 0.6 is 11.8 Å². The monoisotopic (exact) mass is 280 g/mol. The third kappa shape index (κ3) is 3.00. The molecule has 2 N–H and O–H groups in total. The van der Waals surface area contributed by atoms with Crippen LogP contribution in [0.1, 0.15) is 11.1 Å². The van der Waals surface area contributed by atoms with Crippen LogP contribution in [0.4, 0.5) is 0 Å². The average molecular weight is 280 g/mol. The molecule has 0 saturated heterocycles. The van der Waals surface area contributed by atoms with Gasteiger partial charge in [0.25, 0.3) is 0 Å². The smallest absolute Gasteiger partial charge is 0.0702 e. The Morgan fingerprint density at radius 3 is 2.55 bits per heavy atom. The number of rotatable bonds is 4. The molecule has 3 rings (SSSR count). The van der Waals surface area contributed by atoms with E-state index >= 15 is 0 Å². The minimum atomic E-state index is 0.600. The van der Waals surface area contributed by atoms with E-state index in [1.807, 2.05) is 24.0 Å². The van der Waals surface area contributed by atoms with Crippen LogP contribution in [0.5, 0.6) is 0 Å².